The molecule has 4 aromatic carbocycles. The van der Waals surface area contributed by atoms with Gasteiger partial charge in [0.25, 0.3) is 0 Å². The van der Waals surface area contributed by atoms with E-state index in [1.165, 1.54) is 5.57 Å². The van der Waals surface area contributed by atoms with Crippen LogP contribution in [0.5, 0.6) is 0 Å². The van der Waals surface area contributed by atoms with E-state index in [1.807, 2.05) is 97.9 Å². The van der Waals surface area contributed by atoms with E-state index in [1.54, 1.807) is 4.90 Å². The van der Waals surface area contributed by atoms with Gasteiger partial charge in [-0.3, -0.25) is 4.79 Å². The van der Waals surface area contributed by atoms with Gasteiger partial charge >= 0.3 is 6.03 Å². The lowest BCUT2D eigenvalue weighted by Gasteiger charge is -2.46. The van der Waals surface area contributed by atoms with Crippen LogP contribution in [0.25, 0.3) is 11.1 Å². The Kier molecular flexibility index (Phi) is 11.2. The molecule has 7 rings (SSSR count). The number of hydrogen-bond donors (Lipinski definition) is 3. The number of urea groups is 1. The zero-order chi connectivity index (χ0) is 36.0. The average molecular weight is 685 g/mol. The summed E-state index contributed by atoms with van der Waals surface area (Å²) in [7, 11) is 0. The van der Waals surface area contributed by atoms with Crippen molar-refractivity contribution in [1.29, 1.82) is 0 Å². The first-order valence-corrected chi connectivity index (χ1v) is 18.6. The van der Waals surface area contributed by atoms with Crippen molar-refractivity contribution in [2.45, 2.75) is 89.8 Å². The van der Waals surface area contributed by atoms with Crippen molar-refractivity contribution in [2.75, 3.05) is 18.4 Å². The molecule has 4 aromatic rings. The molecule has 0 saturated heterocycles. The van der Waals surface area contributed by atoms with Gasteiger partial charge in [-0.2, -0.15) is 0 Å². The van der Waals surface area contributed by atoms with E-state index in [-0.39, 0.29) is 24.3 Å². The quantitative estimate of drug-likeness (QED) is 0.127. The van der Waals surface area contributed by atoms with Gasteiger partial charge in [-0.15, -0.1) is 0 Å². The summed E-state index contributed by atoms with van der Waals surface area (Å²) in [6.07, 6.45) is 6.98. The number of amides is 2. The number of rotatable bonds is 8. The molecule has 3 aliphatic rings. The summed E-state index contributed by atoms with van der Waals surface area (Å²) < 4.78 is 0. The molecule has 6 heteroatoms. The smallest absolute Gasteiger partial charge is 0.321 e. The summed E-state index contributed by atoms with van der Waals surface area (Å²) in [6.45, 7) is 7.04. The van der Waals surface area contributed by atoms with Crippen molar-refractivity contribution >= 4 is 17.5 Å². The van der Waals surface area contributed by atoms with Gasteiger partial charge in [0.15, 0.2) is 5.78 Å². The van der Waals surface area contributed by atoms with Crippen LogP contribution in [-0.4, -0.2) is 51.7 Å². The third-order valence-electron chi connectivity index (χ3n) is 11.4. The minimum atomic E-state index is -1.20. The lowest BCUT2D eigenvalue weighted by atomic mass is 9.64. The number of allylic oxidation sites excluding steroid dienone is 2. The number of para-hydroxylation sites is 1. The molecule has 4 unspecified atom stereocenters. The zero-order valence-corrected chi connectivity index (χ0v) is 30.3. The highest BCUT2D eigenvalue weighted by Gasteiger charge is 2.57. The number of hydrogen-bond acceptors (Lipinski definition) is 4. The molecular weight excluding hydrogens is 633 g/mol. The van der Waals surface area contributed by atoms with Gasteiger partial charge in [0, 0.05) is 28.8 Å². The second-order valence-electron chi connectivity index (χ2n) is 14.9. The van der Waals surface area contributed by atoms with Gasteiger partial charge in [-0.25, -0.2) is 4.79 Å². The predicted octanol–water partition coefficient (Wildman–Crippen LogP) is 9.57. The Labute approximate surface area is 303 Å². The van der Waals surface area contributed by atoms with E-state index in [2.05, 4.69) is 37.4 Å². The lowest BCUT2D eigenvalue weighted by Crippen LogP contribution is -2.54. The second-order valence-corrected chi connectivity index (χ2v) is 14.9. The van der Waals surface area contributed by atoms with Crippen LogP contribution in [0.15, 0.2) is 115 Å². The van der Waals surface area contributed by atoms with E-state index in [0.717, 1.165) is 41.5 Å². The Morgan fingerprint density at radius 3 is 2.33 bits per heavy atom. The fourth-order valence-corrected chi connectivity index (χ4v) is 8.45. The number of nitrogens with one attached hydrogen (secondary N) is 1. The maximum Gasteiger partial charge on any atom is 0.321 e. The highest BCUT2D eigenvalue weighted by molar-refractivity contribution is 6.13. The molecule has 2 amide bonds. The van der Waals surface area contributed by atoms with Crippen LogP contribution in [0.2, 0.25) is 0 Å². The molecule has 4 atom stereocenters. The van der Waals surface area contributed by atoms with Gasteiger partial charge in [-0.1, -0.05) is 110 Å². The largest absolute Gasteiger partial charge is 0.393 e. The average Bonchev–Trinajstić information content (AvgIpc) is 3.39. The van der Waals surface area contributed by atoms with Gasteiger partial charge in [0.2, 0.25) is 0 Å². The first kappa shape index (κ1) is 36.3. The maximum absolute atomic E-state index is 14.9. The number of benzene rings is 4. The second kappa shape index (κ2) is 15.8. The van der Waals surface area contributed by atoms with E-state index in [9.17, 15) is 19.8 Å². The number of aliphatic hydroxyl groups excluding tert-OH is 1. The van der Waals surface area contributed by atoms with Crippen LogP contribution in [-0.2, 0) is 6.42 Å². The molecule has 6 nitrogen and oxygen atoms in total. The number of anilines is 1. The van der Waals surface area contributed by atoms with Crippen molar-refractivity contribution < 1.29 is 19.8 Å². The Hall–Kier alpha value is -4.52. The summed E-state index contributed by atoms with van der Waals surface area (Å²) in [5, 5.41) is 27.0. The van der Waals surface area contributed by atoms with Gasteiger partial charge in [0.1, 0.15) is 0 Å². The van der Waals surface area contributed by atoms with Crippen LogP contribution >= 0.6 is 0 Å². The first-order valence-electron chi connectivity index (χ1n) is 18.6. The maximum atomic E-state index is 14.9. The first-order chi connectivity index (χ1) is 24.6. The highest BCUT2D eigenvalue weighted by atomic mass is 16.3. The number of ketones is 1. The molecule has 0 aromatic heterocycles. The summed E-state index contributed by atoms with van der Waals surface area (Å²) in [4.78, 5) is 30.4. The highest BCUT2D eigenvalue weighted by Crippen LogP contribution is 2.59. The third kappa shape index (κ3) is 7.88. The Bertz CT molecular complexity index is 1850. The van der Waals surface area contributed by atoms with E-state index >= 15 is 0 Å². The molecule has 0 heterocycles. The normalized spacial score (nSPS) is 23.5. The van der Waals surface area contributed by atoms with E-state index < -0.39 is 17.1 Å². The van der Waals surface area contributed by atoms with Gasteiger partial charge in [0.05, 0.1) is 18.2 Å². The predicted molar refractivity (Wildman–Crippen MR) is 206 cm³/mol. The molecule has 2 bridgehead atoms. The standard InChI is InChI=1S/C45H52N2O4/c1-4-28-47(43(50)46-35-17-9-6-10-18-35)31-45(51)27-25-41-38-24-22-33(29-36(48)23-21-32(2)14-13-26-44(41,45)3)30-40(38)42(49)39-20-12-11-19-37(39)34-15-7-5-8-16-34/h5-12,14-20,22,24,30,36,41,48,51H,4,13,21,23,25-29,31H2,1-3H3,(H,46,50). The summed E-state index contributed by atoms with van der Waals surface area (Å²) in [5.41, 5.74) is 5.05. The van der Waals surface area contributed by atoms with Crippen LogP contribution < -0.4 is 5.32 Å². The zero-order valence-electron chi connectivity index (χ0n) is 30.3. The number of fused-ring (bicyclic) bond motifs is 8. The molecule has 0 aliphatic heterocycles. The minimum absolute atomic E-state index is 0.0590. The minimum Gasteiger partial charge on any atom is -0.393 e. The Morgan fingerprint density at radius 1 is 0.882 bits per heavy atom. The van der Waals surface area contributed by atoms with Crippen LogP contribution in [0.1, 0.15) is 98.7 Å². The number of carbonyl (C=O) groups excluding carboxylic acids is 2. The van der Waals surface area contributed by atoms with Crippen molar-refractivity contribution in [3.63, 3.8) is 0 Å². The molecule has 51 heavy (non-hydrogen) atoms. The molecular formula is C45H52N2O4. The fraction of sp³-hybridized carbons (Fsp3) is 0.378. The van der Waals surface area contributed by atoms with E-state index in [0.29, 0.717) is 55.5 Å². The molecule has 1 saturated carbocycles. The van der Waals surface area contributed by atoms with Gasteiger partial charge < -0.3 is 20.4 Å². The van der Waals surface area contributed by atoms with Crippen molar-refractivity contribution in [3.8, 4) is 11.1 Å². The lowest BCUT2D eigenvalue weighted by molar-refractivity contribution is -0.0763. The Balaban J connectivity index is 1.43. The van der Waals surface area contributed by atoms with Crippen molar-refractivity contribution in [1.82, 2.24) is 4.90 Å². The fourth-order valence-electron chi connectivity index (χ4n) is 8.45. The monoisotopic (exact) mass is 684 g/mol. The van der Waals surface area contributed by atoms with Crippen LogP contribution in [0.3, 0.4) is 0 Å². The molecule has 266 valence electrons. The topological polar surface area (TPSA) is 89.9 Å². The third-order valence-corrected chi connectivity index (χ3v) is 11.4. The van der Waals surface area contributed by atoms with E-state index in [4.69, 9.17) is 0 Å². The molecule has 3 N–H and O–H groups in total. The summed E-state index contributed by atoms with van der Waals surface area (Å²) >= 11 is 0. The van der Waals surface area contributed by atoms with Crippen LogP contribution in [0.4, 0.5) is 10.5 Å². The van der Waals surface area contributed by atoms with Crippen molar-refractivity contribution in [3.05, 3.63) is 137 Å². The van der Waals surface area contributed by atoms with Crippen molar-refractivity contribution in [2.24, 2.45) is 5.41 Å². The molecule has 0 spiro atoms. The van der Waals surface area contributed by atoms with Gasteiger partial charge in [-0.05, 0) is 105 Å². The summed E-state index contributed by atoms with van der Waals surface area (Å²) in [5.74, 6) is -0.196. The number of nitrogens with zero attached hydrogens (tertiary/aromatic N) is 1. The number of carbonyl (C=O) groups is 2. The Morgan fingerprint density at radius 2 is 1.59 bits per heavy atom. The molecule has 1 fully saturated rings. The molecule has 0 radical (unpaired) electrons. The SMILES string of the molecule is CCCN(CC1(O)CCC2c3ccc(cc3C(=O)c3ccccc3-c3ccccc3)CC(O)CCC(C)=CCCC21C)C(=O)Nc1ccccc1. The molecule has 3 aliphatic carbocycles. The summed E-state index contributed by atoms with van der Waals surface area (Å²) in [6, 6.07) is 33.1. The number of aliphatic hydroxyl groups is 2. The van der Waals surface area contributed by atoms with Crippen LogP contribution in [0, 0.1) is 5.41 Å².